The second-order valence-corrected chi connectivity index (χ2v) is 6.35. The number of piperidine rings is 2. The topological polar surface area (TPSA) is 78.1 Å². The maximum Gasteiger partial charge on any atom is 0.252 e. The van der Waals surface area contributed by atoms with Gasteiger partial charge < -0.3 is 15.2 Å². The highest BCUT2D eigenvalue weighted by Crippen LogP contribution is 2.27. The number of amides is 1. The lowest BCUT2D eigenvalue weighted by Crippen LogP contribution is -2.54. The molecule has 2 unspecified atom stereocenters. The quantitative estimate of drug-likeness (QED) is 0.851. The molecule has 21 heavy (non-hydrogen) atoms. The Bertz CT molecular complexity index is 596. The number of anilines is 1. The van der Waals surface area contributed by atoms with Gasteiger partial charge in [-0.25, -0.2) is 4.98 Å². The molecule has 2 N–H and O–H groups in total. The summed E-state index contributed by atoms with van der Waals surface area (Å²) in [4.78, 5) is 32.8. The van der Waals surface area contributed by atoms with Gasteiger partial charge in [-0.15, -0.1) is 0 Å². The van der Waals surface area contributed by atoms with Gasteiger partial charge in [-0.05, 0) is 18.8 Å². The highest BCUT2D eigenvalue weighted by atomic mass is 16.1. The number of nitrogens with one attached hydrogen (secondary N) is 2. The summed E-state index contributed by atoms with van der Waals surface area (Å²) in [7, 11) is 0. The molecular formula is C15H22N4O2. The normalized spacial score (nSPS) is 25.7. The zero-order valence-corrected chi connectivity index (χ0v) is 12.6. The van der Waals surface area contributed by atoms with Crippen molar-refractivity contribution in [2.75, 3.05) is 18.0 Å². The van der Waals surface area contributed by atoms with Gasteiger partial charge in [0.05, 0.1) is 0 Å². The van der Waals surface area contributed by atoms with E-state index < -0.39 is 0 Å². The van der Waals surface area contributed by atoms with Crippen LogP contribution in [0.2, 0.25) is 0 Å². The number of fused-ring (bicyclic) bond motifs is 1. The van der Waals surface area contributed by atoms with Crippen LogP contribution in [0.25, 0.3) is 0 Å². The number of hydrogen-bond donors (Lipinski definition) is 2. The van der Waals surface area contributed by atoms with E-state index in [0.29, 0.717) is 12.3 Å². The van der Waals surface area contributed by atoms with E-state index in [1.165, 1.54) is 0 Å². The minimum absolute atomic E-state index is 0.0947. The number of aromatic nitrogens is 2. The summed E-state index contributed by atoms with van der Waals surface area (Å²) in [5, 5.41) is 3.08. The van der Waals surface area contributed by atoms with Crippen molar-refractivity contribution in [2.45, 2.75) is 45.1 Å². The van der Waals surface area contributed by atoms with E-state index in [1.54, 1.807) is 6.07 Å². The molecule has 0 spiro atoms. The molecule has 0 aromatic carbocycles. The van der Waals surface area contributed by atoms with Crippen LogP contribution >= 0.6 is 0 Å². The van der Waals surface area contributed by atoms with Crippen molar-refractivity contribution in [3.05, 3.63) is 22.2 Å². The molecule has 0 radical (unpaired) electrons. The maximum absolute atomic E-state index is 11.8. The lowest BCUT2D eigenvalue weighted by atomic mass is 9.85. The van der Waals surface area contributed by atoms with Crippen LogP contribution in [0.4, 0.5) is 5.82 Å². The smallest absolute Gasteiger partial charge is 0.252 e. The lowest BCUT2D eigenvalue weighted by molar-refractivity contribution is -0.124. The Labute approximate surface area is 124 Å². The van der Waals surface area contributed by atoms with Gasteiger partial charge >= 0.3 is 0 Å². The molecule has 3 rings (SSSR count). The Morgan fingerprint density at radius 2 is 2.14 bits per heavy atom. The largest absolute Gasteiger partial charge is 0.356 e. The minimum atomic E-state index is -0.0947. The van der Waals surface area contributed by atoms with Crippen molar-refractivity contribution >= 4 is 11.7 Å². The lowest BCUT2D eigenvalue weighted by Gasteiger charge is -2.41. The van der Waals surface area contributed by atoms with Gasteiger partial charge in [0.2, 0.25) is 5.91 Å². The third-order valence-corrected chi connectivity index (χ3v) is 4.44. The molecule has 6 nitrogen and oxygen atoms in total. The van der Waals surface area contributed by atoms with Crippen molar-refractivity contribution in [2.24, 2.45) is 5.92 Å². The minimum Gasteiger partial charge on any atom is -0.356 e. The zero-order chi connectivity index (χ0) is 15.0. The number of carbonyl (C=O) groups excluding carboxylic acids is 1. The monoisotopic (exact) mass is 290 g/mol. The van der Waals surface area contributed by atoms with E-state index in [2.05, 4.69) is 20.2 Å². The number of aromatic amines is 1. The van der Waals surface area contributed by atoms with Crippen molar-refractivity contribution in [3.8, 4) is 0 Å². The maximum atomic E-state index is 11.8. The van der Waals surface area contributed by atoms with Crippen LogP contribution in [0.15, 0.2) is 10.9 Å². The Morgan fingerprint density at radius 3 is 2.90 bits per heavy atom. The van der Waals surface area contributed by atoms with Crippen LogP contribution in [-0.4, -0.2) is 35.0 Å². The molecule has 2 atom stereocenters. The summed E-state index contributed by atoms with van der Waals surface area (Å²) in [6.07, 6.45) is 2.45. The van der Waals surface area contributed by atoms with Crippen LogP contribution < -0.4 is 15.8 Å². The number of hydrogen-bond acceptors (Lipinski definition) is 4. The van der Waals surface area contributed by atoms with Crippen molar-refractivity contribution < 1.29 is 4.79 Å². The van der Waals surface area contributed by atoms with E-state index in [1.807, 2.05) is 13.8 Å². The van der Waals surface area contributed by atoms with E-state index in [9.17, 15) is 9.59 Å². The second-order valence-electron chi connectivity index (χ2n) is 6.35. The number of rotatable bonds is 2. The van der Waals surface area contributed by atoms with E-state index in [-0.39, 0.29) is 23.4 Å². The third kappa shape index (κ3) is 2.94. The van der Waals surface area contributed by atoms with Gasteiger partial charge in [0, 0.05) is 37.5 Å². The Kier molecular flexibility index (Phi) is 3.69. The van der Waals surface area contributed by atoms with Crippen LogP contribution in [-0.2, 0) is 4.79 Å². The Hall–Kier alpha value is -1.85. The third-order valence-electron chi connectivity index (χ3n) is 4.44. The Morgan fingerprint density at radius 1 is 1.33 bits per heavy atom. The molecule has 3 heterocycles. The fourth-order valence-electron chi connectivity index (χ4n) is 3.22. The van der Waals surface area contributed by atoms with E-state index in [4.69, 9.17) is 0 Å². The van der Waals surface area contributed by atoms with E-state index >= 15 is 0 Å². The highest BCUT2D eigenvalue weighted by Gasteiger charge is 2.34. The fraction of sp³-hybridized carbons (Fsp3) is 0.667. The summed E-state index contributed by atoms with van der Waals surface area (Å²) in [5.74, 6) is 2.32. The first-order valence-electron chi connectivity index (χ1n) is 7.68. The summed E-state index contributed by atoms with van der Waals surface area (Å²) in [6.45, 7) is 5.73. The van der Waals surface area contributed by atoms with Crippen molar-refractivity contribution in [3.63, 3.8) is 0 Å². The number of nitrogens with zero attached hydrogens (tertiary/aromatic N) is 2. The second kappa shape index (κ2) is 5.50. The molecule has 0 bridgehead atoms. The molecule has 2 aliphatic heterocycles. The summed E-state index contributed by atoms with van der Waals surface area (Å²) in [6, 6.07) is 1.86. The molecule has 2 fully saturated rings. The average Bonchev–Trinajstić information content (AvgIpc) is 2.46. The van der Waals surface area contributed by atoms with Gasteiger partial charge in [-0.2, -0.15) is 0 Å². The molecule has 1 aromatic rings. The first-order chi connectivity index (χ1) is 10.0. The molecule has 2 aliphatic rings. The van der Waals surface area contributed by atoms with Gasteiger partial charge in [0.15, 0.2) is 0 Å². The first-order valence-corrected chi connectivity index (χ1v) is 7.68. The molecule has 0 saturated carbocycles. The van der Waals surface area contributed by atoms with Crippen molar-refractivity contribution in [1.82, 2.24) is 15.3 Å². The predicted octanol–water partition coefficient (Wildman–Crippen LogP) is 0.998. The van der Waals surface area contributed by atoms with Gasteiger partial charge in [-0.3, -0.25) is 9.59 Å². The van der Waals surface area contributed by atoms with Crippen LogP contribution in [0.3, 0.4) is 0 Å². The predicted molar refractivity (Wildman–Crippen MR) is 80.4 cm³/mol. The molecule has 1 amide bonds. The van der Waals surface area contributed by atoms with Crippen LogP contribution in [0.1, 0.15) is 44.9 Å². The summed E-state index contributed by atoms with van der Waals surface area (Å²) < 4.78 is 0. The molecular weight excluding hydrogens is 268 g/mol. The Balaban J connectivity index is 1.79. The van der Waals surface area contributed by atoms with Crippen molar-refractivity contribution in [1.29, 1.82) is 0 Å². The van der Waals surface area contributed by atoms with Gasteiger partial charge in [0.1, 0.15) is 11.6 Å². The average molecular weight is 290 g/mol. The molecule has 2 saturated heterocycles. The number of H-pyrrole nitrogens is 1. The van der Waals surface area contributed by atoms with E-state index in [0.717, 1.165) is 37.6 Å². The zero-order valence-electron chi connectivity index (χ0n) is 12.6. The molecule has 1 aromatic heterocycles. The van der Waals surface area contributed by atoms with Crippen LogP contribution in [0.5, 0.6) is 0 Å². The molecule has 114 valence electrons. The fourth-order valence-corrected chi connectivity index (χ4v) is 3.22. The molecule has 6 heteroatoms. The number of carbonyl (C=O) groups is 1. The van der Waals surface area contributed by atoms with Gasteiger partial charge in [-0.1, -0.05) is 13.8 Å². The standard InChI is InChI=1S/C15H22N4O2/c1-9(2)15-17-12(7-14(21)18-15)19-6-5-11-10(8-19)3-4-13(20)16-11/h7,9-11H,3-6,8H2,1-2H3,(H,16,20)(H,17,18,21). The highest BCUT2D eigenvalue weighted by molar-refractivity contribution is 5.77. The first kappa shape index (κ1) is 14.1. The van der Waals surface area contributed by atoms with Crippen LogP contribution in [0, 0.1) is 5.92 Å². The van der Waals surface area contributed by atoms with Gasteiger partial charge in [0.25, 0.3) is 5.56 Å². The summed E-state index contributed by atoms with van der Waals surface area (Å²) in [5.41, 5.74) is -0.0947. The SMILES string of the molecule is CC(C)c1nc(N2CCC3NC(=O)CCC3C2)cc(=O)[nH]1. The summed E-state index contributed by atoms with van der Waals surface area (Å²) >= 11 is 0. The molecule has 0 aliphatic carbocycles.